The molecule has 0 amide bonds. The van der Waals surface area contributed by atoms with E-state index in [-0.39, 0.29) is 11.6 Å². The van der Waals surface area contributed by atoms with Gasteiger partial charge in [-0.3, -0.25) is 0 Å². The van der Waals surface area contributed by atoms with Gasteiger partial charge in [0.25, 0.3) is 0 Å². The van der Waals surface area contributed by atoms with Crippen LogP contribution in [0.4, 0.5) is 0 Å². The molecule has 2 N–H and O–H groups in total. The van der Waals surface area contributed by atoms with Gasteiger partial charge in [-0.15, -0.1) is 0 Å². The first-order chi connectivity index (χ1) is 5.33. The van der Waals surface area contributed by atoms with Crippen molar-refractivity contribution in [2.45, 2.75) is 52.7 Å². The molecule has 0 aliphatic heterocycles. The van der Waals surface area contributed by atoms with Crippen LogP contribution in [0.25, 0.3) is 0 Å². The molecule has 0 heterocycles. The minimum Gasteiger partial charge on any atom is -0.376 e. The standard InChI is InChI=1S/C10H23NO/c1-8(9(2)11)6-7-12-10(3,4)5/h8-9H,6-7,11H2,1-5H3. The highest BCUT2D eigenvalue weighted by atomic mass is 16.5. The second-order valence-electron chi connectivity index (χ2n) is 4.59. The Bertz CT molecular complexity index is 115. The van der Waals surface area contributed by atoms with Crippen LogP contribution in [-0.2, 0) is 4.74 Å². The van der Waals surface area contributed by atoms with E-state index in [1.54, 1.807) is 0 Å². The fourth-order valence-corrected chi connectivity index (χ4v) is 0.814. The van der Waals surface area contributed by atoms with Gasteiger partial charge in [0.2, 0.25) is 0 Å². The summed E-state index contributed by atoms with van der Waals surface area (Å²) in [7, 11) is 0. The molecule has 0 aromatic carbocycles. The highest BCUT2D eigenvalue weighted by molar-refractivity contribution is 4.64. The van der Waals surface area contributed by atoms with Gasteiger partial charge in [-0.05, 0) is 40.0 Å². The van der Waals surface area contributed by atoms with Gasteiger partial charge in [0.1, 0.15) is 0 Å². The Morgan fingerprint density at radius 3 is 2.08 bits per heavy atom. The lowest BCUT2D eigenvalue weighted by Gasteiger charge is -2.22. The molecule has 12 heavy (non-hydrogen) atoms. The Morgan fingerprint density at radius 2 is 1.75 bits per heavy atom. The summed E-state index contributed by atoms with van der Waals surface area (Å²) in [5.74, 6) is 0.548. The second-order valence-corrected chi connectivity index (χ2v) is 4.59. The number of ether oxygens (including phenoxy) is 1. The van der Waals surface area contributed by atoms with Crippen molar-refractivity contribution in [2.75, 3.05) is 6.61 Å². The maximum absolute atomic E-state index is 5.73. The van der Waals surface area contributed by atoms with Gasteiger partial charge in [-0.25, -0.2) is 0 Å². The maximum atomic E-state index is 5.73. The molecule has 74 valence electrons. The lowest BCUT2D eigenvalue weighted by molar-refractivity contribution is -0.00930. The first-order valence-electron chi connectivity index (χ1n) is 4.72. The third-order valence-corrected chi connectivity index (χ3v) is 2.01. The highest BCUT2D eigenvalue weighted by Crippen LogP contribution is 2.11. The van der Waals surface area contributed by atoms with E-state index in [0.29, 0.717) is 5.92 Å². The predicted molar refractivity (Wildman–Crippen MR) is 53.1 cm³/mol. The average Bonchev–Trinajstić information content (AvgIpc) is 1.84. The molecular formula is C10H23NO. The summed E-state index contributed by atoms with van der Waals surface area (Å²) < 4.78 is 5.59. The number of hydrogen-bond acceptors (Lipinski definition) is 2. The molecule has 2 atom stereocenters. The molecule has 0 spiro atoms. The Balaban J connectivity index is 3.44. The average molecular weight is 173 g/mol. The Kier molecular flexibility index (Phi) is 4.80. The van der Waals surface area contributed by atoms with E-state index in [1.807, 2.05) is 6.92 Å². The summed E-state index contributed by atoms with van der Waals surface area (Å²) in [4.78, 5) is 0. The van der Waals surface area contributed by atoms with Crippen molar-refractivity contribution in [2.24, 2.45) is 11.7 Å². The molecule has 0 aliphatic carbocycles. The van der Waals surface area contributed by atoms with Crippen LogP contribution in [0.3, 0.4) is 0 Å². The largest absolute Gasteiger partial charge is 0.376 e. The molecule has 2 nitrogen and oxygen atoms in total. The first kappa shape index (κ1) is 11.9. The Labute approximate surface area is 76.5 Å². The predicted octanol–water partition coefficient (Wildman–Crippen LogP) is 2.17. The van der Waals surface area contributed by atoms with Gasteiger partial charge >= 0.3 is 0 Å². The van der Waals surface area contributed by atoms with E-state index < -0.39 is 0 Å². The summed E-state index contributed by atoms with van der Waals surface area (Å²) >= 11 is 0. The summed E-state index contributed by atoms with van der Waals surface area (Å²) in [6.45, 7) is 11.2. The van der Waals surface area contributed by atoms with Crippen molar-refractivity contribution in [1.29, 1.82) is 0 Å². The zero-order chi connectivity index (χ0) is 9.78. The summed E-state index contributed by atoms with van der Waals surface area (Å²) in [6, 6.07) is 0.272. The molecular weight excluding hydrogens is 150 g/mol. The number of nitrogens with two attached hydrogens (primary N) is 1. The van der Waals surface area contributed by atoms with Crippen molar-refractivity contribution in [3.05, 3.63) is 0 Å². The molecule has 0 aromatic rings. The minimum atomic E-state index is -0.0163. The zero-order valence-corrected chi connectivity index (χ0v) is 9.05. The second kappa shape index (κ2) is 4.83. The van der Waals surface area contributed by atoms with E-state index in [2.05, 4.69) is 27.7 Å². The van der Waals surface area contributed by atoms with Gasteiger partial charge in [-0.1, -0.05) is 6.92 Å². The van der Waals surface area contributed by atoms with Crippen LogP contribution in [-0.4, -0.2) is 18.2 Å². The molecule has 0 aliphatic rings. The van der Waals surface area contributed by atoms with Crippen molar-refractivity contribution < 1.29 is 4.74 Å². The molecule has 0 aromatic heterocycles. The van der Waals surface area contributed by atoms with Crippen molar-refractivity contribution >= 4 is 0 Å². The van der Waals surface area contributed by atoms with E-state index in [0.717, 1.165) is 13.0 Å². The summed E-state index contributed by atoms with van der Waals surface area (Å²) in [5, 5.41) is 0. The minimum absolute atomic E-state index is 0.0163. The van der Waals surface area contributed by atoms with E-state index in [9.17, 15) is 0 Å². The van der Waals surface area contributed by atoms with E-state index in [1.165, 1.54) is 0 Å². The molecule has 0 fully saturated rings. The zero-order valence-electron chi connectivity index (χ0n) is 9.05. The van der Waals surface area contributed by atoms with Crippen LogP contribution < -0.4 is 5.73 Å². The molecule has 0 saturated carbocycles. The fraction of sp³-hybridized carbons (Fsp3) is 1.00. The van der Waals surface area contributed by atoms with Crippen LogP contribution in [0.1, 0.15) is 41.0 Å². The monoisotopic (exact) mass is 173 g/mol. The van der Waals surface area contributed by atoms with Gasteiger partial charge in [0, 0.05) is 12.6 Å². The lowest BCUT2D eigenvalue weighted by atomic mass is 10.0. The first-order valence-corrected chi connectivity index (χ1v) is 4.72. The molecule has 0 rings (SSSR count). The van der Waals surface area contributed by atoms with Gasteiger partial charge in [0.05, 0.1) is 5.60 Å². The SMILES string of the molecule is CC(N)C(C)CCOC(C)(C)C. The number of hydrogen-bond donors (Lipinski definition) is 1. The molecule has 2 unspecified atom stereocenters. The molecule has 2 heteroatoms. The topological polar surface area (TPSA) is 35.2 Å². The summed E-state index contributed by atoms with van der Waals surface area (Å²) in [5.41, 5.74) is 5.71. The Hall–Kier alpha value is -0.0800. The Morgan fingerprint density at radius 1 is 1.25 bits per heavy atom. The quantitative estimate of drug-likeness (QED) is 0.707. The van der Waals surface area contributed by atoms with Crippen molar-refractivity contribution in [1.82, 2.24) is 0 Å². The molecule has 0 saturated heterocycles. The molecule has 0 radical (unpaired) electrons. The van der Waals surface area contributed by atoms with Crippen molar-refractivity contribution in [3.8, 4) is 0 Å². The fourth-order valence-electron chi connectivity index (χ4n) is 0.814. The molecule has 0 bridgehead atoms. The van der Waals surface area contributed by atoms with Crippen molar-refractivity contribution in [3.63, 3.8) is 0 Å². The third kappa shape index (κ3) is 6.62. The third-order valence-electron chi connectivity index (χ3n) is 2.01. The lowest BCUT2D eigenvalue weighted by Crippen LogP contribution is -2.27. The van der Waals surface area contributed by atoms with Crippen LogP contribution >= 0.6 is 0 Å². The normalized spacial score (nSPS) is 17.5. The maximum Gasteiger partial charge on any atom is 0.0598 e. The van der Waals surface area contributed by atoms with Crippen LogP contribution in [0, 0.1) is 5.92 Å². The number of rotatable bonds is 4. The van der Waals surface area contributed by atoms with Gasteiger partial charge in [-0.2, -0.15) is 0 Å². The van der Waals surface area contributed by atoms with Crippen LogP contribution in [0.2, 0.25) is 0 Å². The van der Waals surface area contributed by atoms with E-state index >= 15 is 0 Å². The highest BCUT2D eigenvalue weighted by Gasteiger charge is 2.12. The van der Waals surface area contributed by atoms with Gasteiger partial charge in [0.15, 0.2) is 0 Å². The van der Waals surface area contributed by atoms with Crippen LogP contribution in [0.5, 0.6) is 0 Å². The van der Waals surface area contributed by atoms with E-state index in [4.69, 9.17) is 10.5 Å². The summed E-state index contributed by atoms with van der Waals surface area (Å²) in [6.07, 6.45) is 1.05. The van der Waals surface area contributed by atoms with Crippen LogP contribution in [0.15, 0.2) is 0 Å². The smallest absolute Gasteiger partial charge is 0.0598 e. The van der Waals surface area contributed by atoms with Gasteiger partial charge < -0.3 is 10.5 Å².